The minimum Gasteiger partial charge on any atom is -0.323 e. The second kappa shape index (κ2) is 4.30. The van der Waals surface area contributed by atoms with Crippen LogP contribution in [0.15, 0.2) is 0 Å². The SMILES string of the molecule is CC(C)CC(C)N1C(=O)C(C)NC1C. The van der Waals surface area contributed by atoms with Gasteiger partial charge < -0.3 is 4.90 Å². The smallest absolute Gasteiger partial charge is 0.240 e. The number of hydrogen-bond acceptors (Lipinski definition) is 2. The summed E-state index contributed by atoms with van der Waals surface area (Å²) in [5.74, 6) is 0.881. The van der Waals surface area contributed by atoms with Crippen molar-refractivity contribution in [2.75, 3.05) is 0 Å². The normalized spacial score (nSPS) is 30.1. The van der Waals surface area contributed by atoms with Gasteiger partial charge in [-0.2, -0.15) is 0 Å². The molecular weight excluding hydrogens is 176 g/mol. The van der Waals surface area contributed by atoms with Crippen LogP contribution in [-0.4, -0.2) is 29.1 Å². The van der Waals surface area contributed by atoms with Crippen LogP contribution in [0.5, 0.6) is 0 Å². The summed E-state index contributed by atoms with van der Waals surface area (Å²) in [6, 6.07) is 0.328. The van der Waals surface area contributed by atoms with Gasteiger partial charge >= 0.3 is 0 Å². The number of nitrogens with one attached hydrogen (secondary N) is 1. The maximum absolute atomic E-state index is 11.8. The number of hydrogen-bond donors (Lipinski definition) is 1. The van der Waals surface area contributed by atoms with E-state index in [2.05, 4.69) is 33.0 Å². The van der Waals surface area contributed by atoms with Gasteiger partial charge in [0.1, 0.15) is 0 Å². The number of carbonyl (C=O) groups excluding carboxylic acids is 1. The molecule has 1 amide bonds. The van der Waals surface area contributed by atoms with Crippen molar-refractivity contribution in [2.45, 2.75) is 59.3 Å². The molecule has 0 bridgehead atoms. The maximum Gasteiger partial charge on any atom is 0.240 e. The van der Waals surface area contributed by atoms with E-state index in [1.54, 1.807) is 0 Å². The van der Waals surface area contributed by atoms with Crippen LogP contribution < -0.4 is 5.32 Å². The highest BCUT2D eigenvalue weighted by atomic mass is 16.2. The van der Waals surface area contributed by atoms with Gasteiger partial charge in [0.25, 0.3) is 0 Å². The summed E-state index contributed by atoms with van der Waals surface area (Å²) in [6.45, 7) is 10.5. The predicted molar refractivity (Wildman–Crippen MR) is 57.8 cm³/mol. The molecule has 1 rings (SSSR count). The molecule has 1 heterocycles. The standard InChI is InChI=1S/C11H22N2O/c1-7(2)6-8(3)13-10(5)12-9(4)11(13)14/h7-10,12H,6H2,1-5H3. The molecule has 0 spiro atoms. The summed E-state index contributed by atoms with van der Waals surface area (Å²) >= 11 is 0. The summed E-state index contributed by atoms with van der Waals surface area (Å²) < 4.78 is 0. The van der Waals surface area contributed by atoms with E-state index in [0.717, 1.165) is 6.42 Å². The monoisotopic (exact) mass is 198 g/mol. The fourth-order valence-corrected chi connectivity index (χ4v) is 2.32. The number of rotatable bonds is 3. The average Bonchev–Trinajstić information content (AvgIpc) is 2.25. The topological polar surface area (TPSA) is 32.3 Å². The summed E-state index contributed by atoms with van der Waals surface area (Å²) in [7, 11) is 0. The fourth-order valence-electron chi connectivity index (χ4n) is 2.32. The first-order chi connectivity index (χ1) is 6.43. The van der Waals surface area contributed by atoms with Crippen molar-refractivity contribution in [1.82, 2.24) is 10.2 Å². The number of amides is 1. The Kier molecular flexibility index (Phi) is 3.53. The van der Waals surface area contributed by atoms with Crippen molar-refractivity contribution in [3.05, 3.63) is 0 Å². The van der Waals surface area contributed by atoms with Gasteiger partial charge in [-0.05, 0) is 33.1 Å². The van der Waals surface area contributed by atoms with E-state index in [1.807, 2.05) is 11.8 Å². The molecule has 1 aliphatic rings. The van der Waals surface area contributed by atoms with Gasteiger partial charge in [0, 0.05) is 6.04 Å². The molecule has 3 heteroatoms. The maximum atomic E-state index is 11.8. The quantitative estimate of drug-likeness (QED) is 0.747. The molecule has 14 heavy (non-hydrogen) atoms. The van der Waals surface area contributed by atoms with Crippen LogP contribution in [0.4, 0.5) is 0 Å². The molecule has 1 fully saturated rings. The molecule has 1 N–H and O–H groups in total. The Bertz CT molecular complexity index is 215. The van der Waals surface area contributed by atoms with E-state index < -0.39 is 0 Å². The van der Waals surface area contributed by atoms with Gasteiger partial charge in [0.2, 0.25) is 5.91 Å². The third-order valence-electron chi connectivity index (χ3n) is 2.82. The van der Waals surface area contributed by atoms with Gasteiger partial charge in [0.05, 0.1) is 12.2 Å². The molecule has 1 saturated heterocycles. The molecule has 82 valence electrons. The summed E-state index contributed by atoms with van der Waals surface area (Å²) in [5.41, 5.74) is 0. The second-order valence-corrected chi connectivity index (χ2v) is 4.79. The van der Waals surface area contributed by atoms with Crippen LogP contribution in [0.2, 0.25) is 0 Å². The number of carbonyl (C=O) groups is 1. The molecule has 3 atom stereocenters. The lowest BCUT2D eigenvalue weighted by Gasteiger charge is -2.29. The Morgan fingerprint density at radius 1 is 1.36 bits per heavy atom. The fraction of sp³-hybridized carbons (Fsp3) is 0.909. The molecule has 1 aliphatic heterocycles. The first-order valence-corrected chi connectivity index (χ1v) is 5.51. The van der Waals surface area contributed by atoms with Crippen LogP contribution in [0, 0.1) is 5.92 Å². The van der Waals surface area contributed by atoms with Crippen molar-refractivity contribution in [3.8, 4) is 0 Å². The minimum absolute atomic E-state index is 0.0142. The molecule has 0 aromatic heterocycles. The van der Waals surface area contributed by atoms with Crippen LogP contribution in [0.3, 0.4) is 0 Å². The first-order valence-electron chi connectivity index (χ1n) is 5.51. The van der Waals surface area contributed by atoms with Crippen LogP contribution in [-0.2, 0) is 4.79 Å². The Hall–Kier alpha value is -0.570. The van der Waals surface area contributed by atoms with Crippen molar-refractivity contribution in [1.29, 1.82) is 0 Å². The van der Waals surface area contributed by atoms with Crippen LogP contribution >= 0.6 is 0 Å². The largest absolute Gasteiger partial charge is 0.323 e. The number of nitrogens with zero attached hydrogens (tertiary/aromatic N) is 1. The molecule has 0 aliphatic carbocycles. The highest BCUT2D eigenvalue weighted by molar-refractivity contribution is 5.84. The van der Waals surface area contributed by atoms with E-state index >= 15 is 0 Å². The minimum atomic E-state index is -0.0142. The zero-order chi connectivity index (χ0) is 10.9. The van der Waals surface area contributed by atoms with E-state index in [-0.39, 0.29) is 18.1 Å². The molecule has 0 aromatic carbocycles. The average molecular weight is 198 g/mol. The molecule has 0 aromatic rings. The van der Waals surface area contributed by atoms with E-state index in [9.17, 15) is 4.79 Å². The van der Waals surface area contributed by atoms with Gasteiger partial charge in [-0.1, -0.05) is 13.8 Å². The third-order valence-corrected chi connectivity index (χ3v) is 2.82. The first kappa shape index (κ1) is 11.5. The Balaban J connectivity index is 2.62. The molecule has 0 radical (unpaired) electrons. The van der Waals surface area contributed by atoms with Crippen molar-refractivity contribution >= 4 is 5.91 Å². The highest BCUT2D eigenvalue weighted by Gasteiger charge is 2.36. The summed E-state index contributed by atoms with van der Waals surface area (Å²) in [6.07, 6.45) is 1.26. The Morgan fingerprint density at radius 3 is 2.29 bits per heavy atom. The van der Waals surface area contributed by atoms with Crippen LogP contribution in [0.25, 0.3) is 0 Å². The van der Waals surface area contributed by atoms with E-state index in [0.29, 0.717) is 12.0 Å². The molecule has 0 saturated carbocycles. The predicted octanol–water partition coefficient (Wildman–Crippen LogP) is 1.59. The lowest BCUT2D eigenvalue weighted by atomic mass is 10.0. The summed E-state index contributed by atoms with van der Waals surface area (Å²) in [4.78, 5) is 13.8. The third kappa shape index (κ3) is 2.27. The lowest BCUT2D eigenvalue weighted by Crippen LogP contribution is -2.42. The Morgan fingerprint density at radius 2 is 1.93 bits per heavy atom. The van der Waals surface area contributed by atoms with Crippen molar-refractivity contribution in [3.63, 3.8) is 0 Å². The van der Waals surface area contributed by atoms with Gasteiger partial charge in [0.15, 0.2) is 0 Å². The van der Waals surface area contributed by atoms with Gasteiger partial charge in [-0.15, -0.1) is 0 Å². The van der Waals surface area contributed by atoms with E-state index in [4.69, 9.17) is 0 Å². The molecule has 3 nitrogen and oxygen atoms in total. The van der Waals surface area contributed by atoms with Crippen molar-refractivity contribution < 1.29 is 4.79 Å². The van der Waals surface area contributed by atoms with E-state index in [1.165, 1.54) is 0 Å². The van der Waals surface area contributed by atoms with Crippen LogP contribution in [0.1, 0.15) is 41.0 Å². The van der Waals surface area contributed by atoms with Gasteiger partial charge in [-0.25, -0.2) is 0 Å². The second-order valence-electron chi connectivity index (χ2n) is 4.79. The lowest BCUT2D eigenvalue weighted by molar-refractivity contribution is -0.131. The zero-order valence-electron chi connectivity index (χ0n) is 9.87. The highest BCUT2D eigenvalue weighted by Crippen LogP contribution is 2.18. The van der Waals surface area contributed by atoms with Gasteiger partial charge in [-0.3, -0.25) is 10.1 Å². The zero-order valence-corrected chi connectivity index (χ0v) is 9.87. The summed E-state index contributed by atoms with van der Waals surface area (Å²) in [5, 5.41) is 3.25. The Labute approximate surface area is 86.9 Å². The van der Waals surface area contributed by atoms with Crippen molar-refractivity contribution in [2.24, 2.45) is 5.92 Å². The molecular formula is C11H22N2O. The molecule has 3 unspecified atom stereocenters.